The van der Waals surface area contributed by atoms with Crippen molar-refractivity contribution in [2.45, 2.75) is 6.36 Å². The van der Waals surface area contributed by atoms with E-state index >= 15 is 0 Å². The number of allylic oxidation sites excluding steroid dienone is 1. The van der Waals surface area contributed by atoms with Crippen LogP contribution in [-0.4, -0.2) is 18.8 Å². The Morgan fingerprint density at radius 1 is 1.28 bits per heavy atom. The van der Waals surface area contributed by atoms with E-state index in [1.807, 2.05) is 0 Å². The van der Waals surface area contributed by atoms with Crippen molar-refractivity contribution in [1.82, 2.24) is 0 Å². The number of hydrogen-bond acceptors (Lipinski definition) is 2. The van der Waals surface area contributed by atoms with Crippen LogP contribution in [0.2, 0.25) is 0 Å². The molecule has 0 fully saturated rings. The first-order valence-electron chi connectivity index (χ1n) is 4.81. The van der Waals surface area contributed by atoms with Gasteiger partial charge in [-0.25, -0.2) is 0 Å². The van der Waals surface area contributed by atoms with Gasteiger partial charge in [0, 0.05) is 5.88 Å². The smallest absolute Gasteiger partial charge is 0.489 e. The fourth-order valence-electron chi connectivity index (χ4n) is 1.05. The summed E-state index contributed by atoms with van der Waals surface area (Å²) in [6.07, 6.45) is -1.30. The predicted molar refractivity (Wildman–Crippen MR) is 66.2 cm³/mol. The standard InChI is InChI=1S/C11H9BrClF3O2/c12-9-7-8(17-6-2-1-5-13)3-4-10(9)18-11(14,15)16/h1-4,7H,5-6H2/b2-1+. The minimum absolute atomic E-state index is 0.165. The molecule has 7 heteroatoms. The molecular weight excluding hydrogens is 336 g/mol. The quantitative estimate of drug-likeness (QED) is 0.577. The Labute approximate surface area is 115 Å². The fraction of sp³-hybridized carbons (Fsp3) is 0.273. The summed E-state index contributed by atoms with van der Waals surface area (Å²) < 4.78 is 45.3. The molecule has 0 bridgehead atoms. The zero-order chi connectivity index (χ0) is 13.6. The highest BCUT2D eigenvalue weighted by Crippen LogP contribution is 2.33. The van der Waals surface area contributed by atoms with Crippen molar-refractivity contribution >= 4 is 27.5 Å². The van der Waals surface area contributed by atoms with Gasteiger partial charge in [0.05, 0.1) is 4.47 Å². The van der Waals surface area contributed by atoms with E-state index in [-0.39, 0.29) is 10.2 Å². The molecule has 0 aliphatic carbocycles. The van der Waals surface area contributed by atoms with Gasteiger partial charge in [-0.3, -0.25) is 0 Å². The van der Waals surface area contributed by atoms with Gasteiger partial charge in [-0.05, 0) is 34.1 Å². The molecule has 100 valence electrons. The van der Waals surface area contributed by atoms with Crippen LogP contribution in [0, 0.1) is 0 Å². The number of halogens is 5. The molecule has 0 aliphatic heterocycles. The lowest BCUT2D eigenvalue weighted by Gasteiger charge is -2.11. The minimum Gasteiger partial charge on any atom is -0.489 e. The fourth-order valence-corrected chi connectivity index (χ4v) is 1.62. The van der Waals surface area contributed by atoms with Gasteiger partial charge in [0.2, 0.25) is 0 Å². The third-order valence-electron chi connectivity index (χ3n) is 1.73. The first-order valence-corrected chi connectivity index (χ1v) is 6.14. The topological polar surface area (TPSA) is 18.5 Å². The molecular formula is C11H9BrClF3O2. The summed E-state index contributed by atoms with van der Waals surface area (Å²) in [7, 11) is 0. The molecule has 0 heterocycles. The zero-order valence-electron chi connectivity index (χ0n) is 9.01. The predicted octanol–water partition coefficient (Wildman–Crippen LogP) is 4.52. The molecule has 0 saturated carbocycles. The van der Waals surface area contributed by atoms with Gasteiger partial charge in [-0.1, -0.05) is 12.2 Å². The maximum absolute atomic E-state index is 12.0. The first kappa shape index (κ1) is 15.2. The van der Waals surface area contributed by atoms with E-state index in [0.29, 0.717) is 18.2 Å². The molecule has 0 aromatic heterocycles. The van der Waals surface area contributed by atoms with Gasteiger partial charge in [-0.2, -0.15) is 0 Å². The molecule has 0 unspecified atom stereocenters. The second-order valence-corrected chi connectivity index (χ2v) is 4.24. The monoisotopic (exact) mass is 344 g/mol. The Hall–Kier alpha value is -0.880. The average molecular weight is 346 g/mol. The van der Waals surface area contributed by atoms with Crippen molar-refractivity contribution in [2.75, 3.05) is 12.5 Å². The van der Waals surface area contributed by atoms with Crippen molar-refractivity contribution in [3.05, 3.63) is 34.8 Å². The second kappa shape index (κ2) is 6.89. The Morgan fingerprint density at radius 3 is 2.56 bits per heavy atom. The molecule has 2 nitrogen and oxygen atoms in total. The van der Waals surface area contributed by atoms with Crippen LogP contribution < -0.4 is 9.47 Å². The molecule has 0 N–H and O–H groups in total. The summed E-state index contributed by atoms with van der Waals surface area (Å²) in [5.41, 5.74) is 0. The van der Waals surface area contributed by atoms with Gasteiger partial charge >= 0.3 is 6.36 Å². The summed E-state index contributed by atoms with van der Waals surface area (Å²) in [4.78, 5) is 0. The molecule has 1 aromatic rings. The average Bonchev–Trinajstić information content (AvgIpc) is 2.26. The van der Waals surface area contributed by atoms with Gasteiger partial charge in [0.25, 0.3) is 0 Å². The van der Waals surface area contributed by atoms with Crippen LogP contribution in [0.3, 0.4) is 0 Å². The molecule has 1 aromatic carbocycles. The van der Waals surface area contributed by atoms with Gasteiger partial charge < -0.3 is 9.47 Å². The molecule has 0 radical (unpaired) electrons. The molecule has 1 rings (SSSR count). The normalized spacial score (nSPS) is 11.8. The number of benzene rings is 1. The van der Waals surface area contributed by atoms with E-state index < -0.39 is 6.36 Å². The number of rotatable bonds is 5. The lowest BCUT2D eigenvalue weighted by Crippen LogP contribution is -2.17. The lowest BCUT2D eigenvalue weighted by molar-refractivity contribution is -0.274. The van der Waals surface area contributed by atoms with Crippen LogP contribution in [0.15, 0.2) is 34.8 Å². The summed E-state index contributed by atoms with van der Waals surface area (Å²) >= 11 is 8.40. The maximum Gasteiger partial charge on any atom is 0.573 e. The van der Waals surface area contributed by atoms with Crippen molar-refractivity contribution in [3.63, 3.8) is 0 Å². The summed E-state index contributed by atoms with van der Waals surface area (Å²) in [5.74, 6) is 0.493. The lowest BCUT2D eigenvalue weighted by atomic mass is 10.3. The van der Waals surface area contributed by atoms with Crippen molar-refractivity contribution in [3.8, 4) is 11.5 Å². The molecule has 0 atom stereocenters. The highest BCUT2D eigenvalue weighted by atomic mass is 79.9. The van der Waals surface area contributed by atoms with Crippen LogP contribution in [0.1, 0.15) is 0 Å². The van der Waals surface area contributed by atoms with E-state index in [4.69, 9.17) is 16.3 Å². The van der Waals surface area contributed by atoms with Crippen molar-refractivity contribution in [1.29, 1.82) is 0 Å². The van der Waals surface area contributed by atoms with Gasteiger partial charge in [-0.15, -0.1) is 24.8 Å². The van der Waals surface area contributed by atoms with E-state index in [0.717, 1.165) is 0 Å². The van der Waals surface area contributed by atoms with E-state index in [9.17, 15) is 13.2 Å². The maximum atomic E-state index is 12.0. The highest BCUT2D eigenvalue weighted by molar-refractivity contribution is 9.10. The Morgan fingerprint density at radius 2 is 2.00 bits per heavy atom. The Bertz CT molecular complexity index is 421. The molecule has 18 heavy (non-hydrogen) atoms. The van der Waals surface area contributed by atoms with E-state index in [1.165, 1.54) is 18.2 Å². The molecule has 0 saturated heterocycles. The number of ether oxygens (including phenoxy) is 2. The molecule has 0 spiro atoms. The third-order valence-corrected chi connectivity index (χ3v) is 2.53. The van der Waals surface area contributed by atoms with E-state index in [2.05, 4.69) is 20.7 Å². The van der Waals surface area contributed by atoms with Crippen LogP contribution >= 0.6 is 27.5 Å². The Balaban J connectivity index is 2.64. The van der Waals surface area contributed by atoms with Crippen LogP contribution in [0.4, 0.5) is 13.2 Å². The van der Waals surface area contributed by atoms with Crippen molar-refractivity contribution in [2.24, 2.45) is 0 Å². The summed E-state index contributed by atoms with van der Waals surface area (Å²) in [5, 5.41) is 0. The number of alkyl halides is 4. The van der Waals surface area contributed by atoms with Gasteiger partial charge in [0.15, 0.2) is 0 Å². The zero-order valence-corrected chi connectivity index (χ0v) is 11.3. The molecule has 0 amide bonds. The van der Waals surface area contributed by atoms with Gasteiger partial charge in [0.1, 0.15) is 18.1 Å². The summed E-state index contributed by atoms with van der Waals surface area (Å²) in [6.45, 7) is 0.290. The van der Waals surface area contributed by atoms with Crippen LogP contribution in [0.5, 0.6) is 11.5 Å². The molecule has 0 aliphatic rings. The van der Waals surface area contributed by atoms with E-state index in [1.54, 1.807) is 12.2 Å². The number of hydrogen-bond donors (Lipinski definition) is 0. The SMILES string of the molecule is FC(F)(F)Oc1ccc(OC/C=C/CCl)cc1Br. The van der Waals surface area contributed by atoms with Crippen LogP contribution in [-0.2, 0) is 0 Å². The van der Waals surface area contributed by atoms with Crippen molar-refractivity contribution < 1.29 is 22.6 Å². The summed E-state index contributed by atoms with van der Waals surface area (Å²) in [6, 6.07) is 3.97. The third kappa shape index (κ3) is 5.64. The second-order valence-electron chi connectivity index (χ2n) is 3.08. The van der Waals surface area contributed by atoms with Crippen LogP contribution in [0.25, 0.3) is 0 Å². The minimum atomic E-state index is -4.71. The Kier molecular flexibility index (Phi) is 5.81. The highest BCUT2D eigenvalue weighted by Gasteiger charge is 2.31. The first-order chi connectivity index (χ1) is 8.42. The largest absolute Gasteiger partial charge is 0.573 e.